The second-order valence-corrected chi connectivity index (χ2v) is 8.39. The molecule has 0 aliphatic heterocycles. The van der Waals surface area contributed by atoms with Gasteiger partial charge in [-0.3, -0.25) is 15.1 Å². The highest BCUT2D eigenvalue weighted by Gasteiger charge is 2.23. The molecule has 3 aromatic heterocycles. The zero-order chi connectivity index (χ0) is 22.1. The van der Waals surface area contributed by atoms with Crippen molar-refractivity contribution in [2.75, 3.05) is 12.4 Å². The number of fused-ring (bicyclic) bond motifs is 2. The van der Waals surface area contributed by atoms with Crippen LogP contribution >= 0.6 is 11.3 Å². The highest BCUT2D eigenvalue weighted by molar-refractivity contribution is 7.22. The number of rotatable bonds is 5. The van der Waals surface area contributed by atoms with E-state index in [0.717, 1.165) is 40.9 Å². The number of pyridine rings is 2. The van der Waals surface area contributed by atoms with E-state index in [1.54, 1.807) is 6.20 Å². The molecule has 2 N–H and O–H groups in total. The third kappa shape index (κ3) is 3.82. The fourth-order valence-corrected chi connectivity index (χ4v) is 4.69. The molecule has 9 heteroatoms. The van der Waals surface area contributed by atoms with E-state index in [1.165, 1.54) is 36.3 Å². The molecule has 1 aliphatic rings. The Kier molecular flexibility index (Phi) is 5.32. The van der Waals surface area contributed by atoms with Crippen LogP contribution in [0.4, 0.5) is 5.13 Å². The number of methoxy groups -OCH3 is 1. The lowest BCUT2D eigenvalue weighted by Gasteiger charge is -2.25. The van der Waals surface area contributed by atoms with Gasteiger partial charge in [0.1, 0.15) is 11.9 Å². The van der Waals surface area contributed by atoms with Crippen LogP contribution in [0, 0.1) is 0 Å². The highest BCUT2D eigenvalue weighted by atomic mass is 32.1. The van der Waals surface area contributed by atoms with Gasteiger partial charge in [0, 0.05) is 18.5 Å². The highest BCUT2D eigenvalue weighted by Crippen LogP contribution is 2.35. The molecule has 0 saturated heterocycles. The van der Waals surface area contributed by atoms with Crippen molar-refractivity contribution in [1.29, 1.82) is 0 Å². The monoisotopic (exact) mass is 448 g/mol. The maximum absolute atomic E-state index is 12.6. The molecular formula is C23H20N4O4S. The van der Waals surface area contributed by atoms with Crippen LogP contribution in [0.5, 0.6) is 17.2 Å². The maximum atomic E-state index is 12.6. The molecule has 1 unspecified atom stereocenters. The number of anilines is 1. The van der Waals surface area contributed by atoms with E-state index >= 15 is 0 Å². The topological polar surface area (TPSA) is 106 Å². The van der Waals surface area contributed by atoms with Gasteiger partial charge in [0.15, 0.2) is 22.3 Å². The molecule has 1 aliphatic carbocycles. The van der Waals surface area contributed by atoms with Crippen molar-refractivity contribution in [3.63, 3.8) is 0 Å². The molecule has 3 heterocycles. The van der Waals surface area contributed by atoms with Gasteiger partial charge >= 0.3 is 0 Å². The number of hydrogen-bond donors (Lipinski definition) is 2. The van der Waals surface area contributed by atoms with Crippen LogP contribution in [0.2, 0.25) is 0 Å². The van der Waals surface area contributed by atoms with Crippen LogP contribution in [-0.2, 0) is 6.42 Å². The fourth-order valence-electron chi connectivity index (χ4n) is 3.80. The molecule has 0 radical (unpaired) electrons. The quantitative estimate of drug-likeness (QED) is 0.463. The average Bonchev–Trinajstić information content (AvgIpc) is 3.21. The van der Waals surface area contributed by atoms with Crippen LogP contribution in [-0.4, -0.2) is 33.1 Å². The SMILES string of the molecule is COc1ccnc(C(=O)Nc2nc3ccc(OC4CCCc5cccnc54)cc3s2)c1O. The fraction of sp³-hybridized carbons (Fsp3) is 0.217. The Hall–Kier alpha value is -3.72. The molecule has 1 atom stereocenters. The number of hydrogen-bond acceptors (Lipinski definition) is 8. The summed E-state index contributed by atoms with van der Waals surface area (Å²) in [6, 6.07) is 11.2. The van der Waals surface area contributed by atoms with E-state index in [-0.39, 0.29) is 23.3 Å². The number of aryl methyl sites for hydroxylation is 1. The number of aromatic nitrogens is 3. The van der Waals surface area contributed by atoms with Crippen LogP contribution in [0.1, 0.15) is 40.7 Å². The van der Waals surface area contributed by atoms with E-state index in [2.05, 4.69) is 26.3 Å². The van der Waals surface area contributed by atoms with Crippen molar-refractivity contribution in [2.45, 2.75) is 25.4 Å². The molecule has 0 saturated carbocycles. The summed E-state index contributed by atoms with van der Waals surface area (Å²) >= 11 is 1.32. The van der Waals surface area contributed by atoms with Gasteiger partial charge < -0.3 is 14.6 Å². The van der Waals surface area contributed by atoms with Gasteiger partial charge in [0.05, 0.1) is 23.0 Å². The normalized spacial score (nSPS) is 15.2. The number of carbonyl (C=O) groups excluding carboxylic acids is 1. The smallest absolute Gasteiger partial charge is 0.280 e. The predicted octanol–water partition coefficient (Wildman–Crippen LogP) is 4.51. The number of benzene rings is 1. The number of nitrogens with zero attached hydrogens (tertiary/aromatic N) is 3. The Morgan fingerprint density at radius 3 is 3.00 bits per heavy atom. The first-order chi connectivity index (χ1) is 15.6. The van der Waals surface area contributed by atoms with Crippen LogP contribution in [0.15, 0.2) is 48.8 Å². The van der Waals surface area contributed by atoms with Crippen LogP contribution in [0.3, 0.4) is 0 Å². The van der Waals surface area contributed by atoms with Crippen LogP contribution in [0.25, 0.3) is 10.2 Å². The molecule has 4 aromatic rings. The molecular weight excluding hydrogens is 428 g/mol. The number of thiazole rings is 1. The standard InChI is InChI=1S/C23H20N4O4S/c1-30-17-9-11-25-20(21(17)28)22(29)27-23-26-15-8-7-14(12-18(15)32-23)31-16-6-2-4-13-5-3-10-24-19(13)16/h3,5,7-12,16,28H,2,4,6H2,1H3,(H,26,27,29). The van der Waals surface area contributed by atoms with E-state index < -0.39 is 5.91 Å². The van der Waals surface area contributed by atoms with Crippen molar-refractivity contribution in [3.8, 4) is 17.2 Å². The molecule has 1 amide bonds. The molecule has 5 rings (SSSR count). The first-order valence-corrected chi connectivity index (χ1v) is 11.0. The molecule has 0 fully saturated rings. The third-order valence-electron chi connectivity index (χ3n) is 5.32. The van der Waals surface area contributed by atoms with E-state index in [1.807, 2.05) is 24.3 Å². The maximum Gasteiger partial charge on any atom is 0.280 e. The van der Waals surface area contributed by atoms with Gasteiger partial charge in [-0.25, -0.2) is 9.97 Å². The minimum absolute atomic E-state index is 0.0772. The van der Waals surface area contributed by atoms with Gasteiger partial charge in [-0.2, -0.15) is 0 Å². The van der Waals surface area contributed by atoms with Gasteiger partial charge in [-0.05, 0) is 49.1 Å². The molecule has 1 aromatic carbocycles. The Bertz CT molecular complexity index is 1310. The lowest BCUT2D eigenvalue weighted by Crippen LogP contribution is -2.16. The van der Waals surface area contributed by atoms with Crippen molar-refractivity contribution in [1.82, 2.24) is 15.0 Å². The predicted molar refractivity (Wildman–Crippen MR) is 121 cm³/mol. The second kappa shape index (κ2) is 8.43. The summed E-state index contributed by atoms with van der Waals surface area (Å²) in [6.07, 6.45) is 6.13. The number of carbonyl (C=O) groups is 1. The van der Waals surface area contributed by atoms with Gasteiger partial charge in [0.2, 0.25) is 0 Å². The summed E-state index contributed by atoms with van der Waals surface area (Å²) < 4.78 is 12.2. The van der Waals surface area contributed by atoms with Crippen LogP contribution < -0.4 is 14.8 Å². The molecule has 162 valence electrons. The summed E-state index contributed by atoms with van der Waals surface area (Å²) in [5.74, 6) is 0.0251. The summed E-state index contributed by atoms with van der Waals surface area (Å²) in [7, 11) is 1.41. The van der Waals surface area contributed by atoms with Gasteiger partial charge in [-0.15, -0.1) is 0 Å². The summed E-state index contributed by atoms with van der Waals surface area (Å²) in [5.41, 5.74) is 2.85. The zero-order valence-corrected chi connectivity index (χ0v) is 18.1. The Morgan fingerprint density at radius 2 is 2.12 bits per heavy atom. The van der Waals surface area contributed by atoms with Gasteiger partial charge in [0.25, 0.3) is 5.91 Å². The number of ether oxygens (including phenoxy) is 2. The number of amides is 1. The lowest BCUT2D eigenvalue weighted by atomic mass is 9.94. The lowest BCUT2D eigenvalue weighted by molar-refractivity contribution is 0.101. The number of aromatic hydroxyl groups is 1. The van der Waals surface area contributed by atoms with Crippen molar-refractivity contribution >= 4 is 32.6 Å². The Labute approximate surface area is 187 Å². The third-order valence-corrected chi connectivity index (χ3v) is 6.26. The van der Waals surface area contributed by atoms with E-state index in [9.17, 15) is 9.90 Å². The first kappa shape index (κ1) is 20.2. The molecule has 32 heavy (non-hydrogen) atoms. The van der Waals surface area contributed by atoms with Gasteiger partial charge in [-0.1, -0.05) is 17.4 Å². The molecule has 0 spiro atoms. The zero-order valence-electron chi connectivity index (χ0n) is 17.2. The van der Waals surface area contributed by atoms with E-state index in [4.69, 9.17) is 9.47 Å². The Morgan fingerprint density at radius 1 is 1.22 bits per heavy atom. The number of nitrogens with one attached hydrogen (secondary N) is 1. The minimum atomic E-state index is -0.568. The van der Waals surface area contributed by atoms with Crippen molar-refractivity contribution in [3.05, 3.63) is 65.7 Å². The summed E-state index contributed by atoms with van der Waals surface area (Å²) in [4.78, 5) is 25.5. The minimum Gasteiger partial charge on any atom is -0.503 e. The summed E-state index contributed by atoms with van der Waals surface area (Å²) in [5, 5.41) is 13.2. The molecule has 0 bridgehead atoms. The molecule has 8 nitrogen and oxygen atoms in total. The average molecular weight is 449 g/mol. The first-order valence-electron chi connectivity index (χ1n) is 10.2. The Balaban J connectivity index is 1.35. The summed E-state index contributed by atoms with van der Waals surface area (Å²) in [6.45, 7) is 0. The van der Waals surface area contributed by atoms with Crippen molar-refractivity contribution in [2.24, 2.45) is 0 Å². The van der Waals surface area contributed by atoms with Crippen molar-refractivity contribution < 1.29 is 19.4 Å². The second-order valence-electron chi connectivity index (χ2n) is 7.36. The van der Waals surface area contributed by atoms with E-state index in [0.29, 0.717) is 5.13 Å². The largest absolute Gasteiger partial charge is 0.503 e.